The van der Waals surface area contributed by atoms with Gasteiger partial charge in [0.1, 0.15) is 0 Å². The number of hydrogen-bond acceptors (Lipinski definition) is 0. The maximum absolute atomic E-state index is 2.50. The van der Waals surface area contributed by atoms with E-state index in [0.717, 1.165) is 11.8 Å². The Morgan fingerprint density at radius 2 is 1.35 bits per heavy atom. The molecule has 0 radical (unpaired) electrons. The summed E-state index contributed by atoms with van der Waals surface area (Å²) in [6, 6.07) is 0. The van der Waals surface area contributed by atoms with Crippen LogP contribution >= 0.6 is 0 Å². The second-order valence-corrected chi connectivity index (χ2v) is 8.58. The van der Waals surface area contributed by atoms with Crippen molar-refractivity contribution in [1.82, 2.24) is 0 Å². The highest BCUT2D eigenvalue weighted by atomic mass is 14.4. The van der Waals surface area contributed by atoms with E-state index in [0.29, 0.717) is 10.8 Å². The van der Waals surface area contributed by atoms with Crippen molar-refractivity contribution in [3.63, 3.8) is 0 Å². The molecule has 114 valence electrons. The summed E-state index contributed by atoms with van der Waals surface area (Å²) >= 11 is 0. The Morgan fingerprint density at radius 3 is 1.85 bits per heavy atom. The molecule has 2 aliphatic carbocycles. The molecule has 0 bridgehead atoms. The predicted octanol–water partition coefficient (Wildman–Crippen LogP) is 6.53. The Morgan fingerprint density at radius 1 is 0.850 bits per heavy atom. The summed E-state index contributed by atoms with van der Waals surface area (Å²) in [6.45, 7) is 14.4. The van der Waals surface area contributed by atoms with Crippen molar-refractivity contribution < 1.29 is 0 Å². The lowest BCUT2D eigenvalue weighted by Gasteiger charge is -2.43. The zero-order valence-corrected chi connectivity index (χ0v) is 14.6. The Balaban J connectivity index is 2.43. The molecular formula is C20H34. The second kappa shape index (κ2) is 5.70. The topological polar surface area (TPSA) is 0 Å². The van der Waals surface area contributed by atoms with Gasteiger partial charge in [-0.1, -0.05) is 84.1 Å². The molecule has 0 aromatic heterocycles. The van der Waals surface area contributed by atoms with Crippen LogP contribution in [0.25, 0.3) is 0 Å². The molecule has 2 rings (SSSR count). The average molecular weight is 274 g/mol. The fourth-order valence-corrected chi connectivity index (χ4v) is 4.22. The Bertz CT molecular complexity index is 400. The smallest absolute Gasteiger partial charge is 0.0129 e. The molecule has 1 saturated carbocycles. The third-order valence-electron chi connectivity index (χ3n) is 5.79. The first-order chi connectivity index (χ1) is 9.27. The van der Waals surface area contributed by atoms with E-state index in [1.165, 1.54) is 38.5 Å². The van der Waals surface area contributed by atoms with Gasteiger partial charge in [0, 0.05) is 0 Å². The van der Waals surface area contributed by atoms with E-state index >= 15 is 0 Å². The molecule has 1 fully saturated rings. The third kappa shape index (κ3) is 3.05. The van der Waals surface area contributed by atoms with Crippen LogP contribution in [0.1, 0.15) is 80.1 Å². The number of hydrogen-bond donors (Lipinski definition) is 0. The largest absolute Gasteiger partial charge is 0.0646 e. The van der Waals surface area contributed by atoms with Crippen molar-refractivity contribution in [2.75, 3.05) is 0 Å². The summed E-state index contributed by atoms with van der Waals surface area (Å²) in [5.41, 5.74) is 4.14. The van der Waals surface area contributed by atoms with Crippen LogP contribution in [0.4, 0.5) is 0 Å². The normalized spacial score (nSPS) is 28.3. The summed E-state index contributed by atoms with van der Waals surface area (Å²) in [4.78, 5) is 0. The minimum Gasteiger partial charge on any atom is -0.0646 e. The van der Waals surface area contributed by atoms with Crippen LogP contribution in [-0.2, 0) is 0 Å². The van der Waals surface area contributed by atoms with Gasteiger partial charge in [-0.05, 0) is 41.9 Å². The number of rotatable bonds is 2. The van der Waals surface area contributed by atoms with Crippen molar-refractivity contribution in [3.05, 3.63) is 23.3 Å². The average Bonchev–Trinajstić information content (AvgIpc) is 2.61. The molecule has 0 nitrogen and oxygen atoms in total. The molecule has 2 aliphatic rings. The van der Waals surface area contributed by atoms with E-state index < -0.39 is 0 Å². The molecule has 0 N–H and O–H groups in total. The molecule has 0 saturated heterocycles. The first kappa shape index (κ1) is 15.9. The van der Waals surface area contributed by atoms with E-state index in [9.17, 15) is 0 Å². The molecule has 0 spiro atoms. The SMILES string of the molecule is CCC(C)(C)C1=CC=C(C(C)(C)C)C2CCCCCC12. The van der Waals surface area contributed by atoms with Crippen LogP contribution in [0.15, 0.2) is 23.3 Å². The summed E-state index contributed by atoms with van der Waals surface area (Å²) in [5, 5.41) is 0. The fourth-order valence-electron chi connectivity index (χ4n) is 4.22. The van der Waals surface area contributed by atoms with Gasteiger partial charge < -0.3 is 0 Å². The van der Waals surface area contributed by atoms with Crippen molar-refractivity contribution in [2.24, 2.45) is 22.7 Å². The summed E-state index contributed by atoms with van der Waals surface area (Å²) in [6.07, 6.45) is 13.3. The molecule has 0 aliphatic heterocycles. The highest BCUT2D eigenvalue weighted by Crippen LogP contribution is 2.51. The van der Waals surface area contributed by atoms with Crippen molar-refractivity contribution in [1.29, 1.82) is 0 Å². The second-order valence-electron chi connectivity index (χ2n) is 8.58. The molecule has 0 heterocycles. The molecule has 2 unspecified atom stereocenters. The van der Waals surface area contributed by atoms with Crippen molar-refractivity contribution in [2.45, 2.75) is 80.1 Å². The lowest BCUT2D eigenvalue weighted by molar-refractivity contribution is 0.276. The maximum Gasteiger partial charge on any atom is -0.0129 e. The van der Waals surface area contributed by atoms with Gasteiger partial charge >= 0.3 is 0 Å². The van der Waals surface area contributed by atoms with Gasteiger partial charge in [-0.25, -0.2) is 0 Å². The first-order valence-electron chi connectivity index (χ1n) is 8.70. The van der Waals surface area contributed by atoms with Gasteiger partial charge in [-0.3, -0.25) is 0 Å². The standard InChI is InChI=1S/C20H34/c1-7-20(5,6)18-14-13-17(19(2,3)4)15-11-9-8-10-12-16(15)18/h13-16H,7-12H2,1-6H3. The lowest BCUT2D eigenvalue weighted by atomic mass is 9.62. The van der Waals surface area contributed by atoms with Gasteiger partial charge in [-0.2, -0.15) is 0 Å². The van der Waals surface area contributed by atoms with E-state index in [-0.39, 0.29) is 0 Å². The maximum atomic E-state index is 2.50. The molecule has 0 aromatic rings. The van der Waals surface area contributed by atoms with E-state index in [1.54, 1.807) is 11.1 Å². The van der Waals surface area contributed by atoms with Crippen molar-refractivity contribution in [3.8, 4) is 0 Å². The zero-order valence-electron chi connectivity index (χ0n) is 14.6. The minimum absolute atomic E-state index is 0.325. The number of fused-ring (bicyclic) bond motifs is 1. The lowest BCUT2D eigenvalue weighted by Crippen LogP contribution is -2.32. The van der Waals surface area contributed by atoms with Crippen LogP contribution < -0.4 is 0 Å². The first-order valence-corrected chi connectivity index (χ1v) is 8.70. The van der Waals surface area contributed by atoms with Gasteiger partial charge in [0.15, 0.2) is 0 Å². The zero-order chi connectivity index (χ0) is 15.0. The van der Waals surface area contributed by atoms with Crippen LogP contribution in [-0.4, -0.2) is 0 Å². The molecule has 0 heteroatoms. The highest BCUT2D eigenvalue weighted by Gasteiger charge is 2.39. The highest BCUT2D eigenvalue weighted by molar-refractivity contribution is 5.35. The summed E-state index contributed by atoms with van der Waals surface area (Å²) in [7, 11) is 0. The van der Waals surface area contributed by atoms with Gasteiger partial charge in [0.05, 0.1) is 0 Å². The Labute approximate surface area is 126 Å². The predicted molar refractivity (Wildman–Crippen MR) is 89.8 cm³/mol. The van der Waals surface area contributed by atoms with E-state index in [4.69, 9.17) is 0 Å². The van der Waals surface area contributed by atoms with Crippen LogP contribution in [0.2, 0.25) is 0 Å². The van der Waals surface area contributed by atoms with E-state index in [2.05, 4.69) is 53.7 Å². The molecule has 0 aromatic carbocycles. The van der Waals surface area contributed by atoms with E-state index in [1.807, 2.05) is 0 Å². The Hall–Kier alpha value is -0.520. The quantitative estimate of drug-likeness (QED) is 0.537. The monoisotopic (exact) mass is 274 g/mol. The summed E-state index contributed by atoms with van der Waals surface area (Å²) < 4.78 is 0. The molecule has 0 amide bonds. The minimum atomic E-state index is 0.325. The van der Waals surface area contributed by atoms with Crippen LogP contribution in [0, 0.1) is 22.7 Å². The van der Waals surface area contributed by atoms with Gasteiger partial charge in [0.2, 0.25) is 0 Å². The van der Waals surface area contributed by atoms with Crippen molar-refractivity contribution >= 4 is 0 Å². The van der Waals surface area contributed by atoms with Crippen LogP contribution in [0.3, 0.4) is 0 Å². The van der Waals surface area contributed by atoms with Gasteiger partial charge in [-0.15, -0.1) is 0 Å². The number of allylic oxidation sites excluding steroid dienone is 4. The molecular weight excluding hydrogens is 240 g/mol. The third-order valence-corrected chi connectivity index (χ3v) is 5.79. The molecule has 2 atom stereocenters. The molecule has 20 heavy (non-hydrogen) atoms. The summed E-state index contributed by atoms with van der Waals surface area (Å²) in [5.74, 6) is 1.62. The fraction of sp³-hybridized carbons (Fsp3) is 0.800. The Kier molecular flexibility index (Phi) is 4.52. The van der Waals surface area contributed by atoms with Gasteiger partial charge in [0.25, 0.3) is 0 Å². The van der Waals surface area contributed by atoms with Crippen LogP contribution in [0.5, 0.6) is 0 Å².